The molecule has 0 radical (unpaired) electrons. The Labute approximate surface area is 126 Å². The Morgan fingerprint density at radius 3 is 2.45 bits per heavy atom. The molecule has 3 heteroatoms. The molecule has 1 fully saturated rings. The van der Waals surface area contributed by atoms with Crippen molar-refractivity contribution in [3.05, 3.63) is 0 Å². The summed E-state index contributed by atoms with van der Waals surface area (Å²) in [6.45, 7) is 9.59. The van der Waals surface area contributed by atoms with Gasteiger partial charge in [-0.1, -0.05) is 40.0 Å². The molecule has 0 heterocycles. The van der Waals surface area contributed by atoms with Crippen molar-refractivity contribution in [3.8, 4) is 0 Å². The predicted molar refractivity (Wildman–Crippen MR) is 87.0 cm³/mol. The van der Waals surface area contributed by atoms with Crippen molar-refractivity contribution in [2.24, 2.45) is 11.7 Å². The molecule has 1 aliphatic rings. The topological polar surface area (TPSA) is 38.5 Å². The first-order valence-electron chi connectivity index (χ1n) is 8.65. The number of ether oxygens (including phenoxy) is 1. The lowest BCUT2D eigenvalue weighted by Gasteiger charge is -2.54. The number of nitrogens with two attached hydrogens (primary N) is 1. The third-order valence-electron chi connectivity index (χ3n) is 5.51. The molecule has 2 N–H and O–H groups in total. The highest BCUT2D eigenvalue weighted by Gasteiger charge is 2.44. The molecule has 1 aliphatic carbocycles. The van der Waals surface area contributed by atoms with Crippen molar-refractivity contribution in [2.45, 2.75) is 77.3 Å². The van der Waals surface area contributed by atoms with Gasteiger partial charge in [-0.2, -0.15) is 0 Å². The molecular formula is C17H36N2O. The maximum absolute atomic E-state index is 6.34. The molecule has 2 atom stereocenters. The van der Waals surface area contributed by atoms with E-state index in [-0.39, 0.29) is 5.54 Å². The molecule has 2 unspecified atom stereocenters. The molecule has 0 aromatic rings. The Hall–Kier alpha value is -0.120. The molecule has 1 rings (SSSR count). The van der Waals surface area contributed by atoms with E-state index in [2.05, 4.69) is 25.7 Å². The highest BCUT2D eigenvalue weighted by Crippen LogP contribution is 2.41. The highest BCUT2D eigenvalue weighted by molar-refractivity contribution is 5.01. The van der Waals surface area contributed by atoms with Crippen LogP contribution in [0.2, 0.25) is 0 Å². The van der Waals surface area contributed by atoms with E-state index in [1.165, 1.54) is 44.9 Å². The second kappa shape index (κ2) is 9.01. The molecule has 0 aromatic heterocycles. The van der Waals surface area contributed by atoms with Crippen LogP contribution < -0.4 is 5.73 Å². The van der Waals surface area contributed by atoms with Gasteiger partial charge < -0.3 is 10.5 Å². The SMILES string of the molecule is CCC(CC)N(CCOC)C1(CN)CCCCC1CC. The fourth-order valence-electron chi connectivity index (χ4n) is 4.33. The average Bonchev–Trinajstić information content (AvgIpc) is 2.51. The number of methoxy groups -OCH3 is 1. The summed E-state index contributed by atoms with van der Waals surface area (Å²) in [4.78, 5) is 2.73. The second-order valence-corrected chi connectivity index (χ2v) is 6.32. The minimum absolute atomic E-state index is 0.211. The van der Waals surface area contributed by atoms with Crippen LogP contribution >= 0.6 is 0 Å². The van der Waals surface area contributed by atoms with Crippen molar-refractivity contribution in [1.29, 1.82) is 0 Å². The Balaban J connectivity index is 3.02. The summed E-state index contributed by atoms with van der Waals surface area (Å²) in [7, 11) is 1.80. The largest absolute Gasteiger partial charge is 0.383 e. The van der Waals surface area contributed by atoms with E-state index in [9.17, 15) is 0 Å². The van der Waals surface area contributed by atoms with Gasteiger partial charge in [0, 0.05) is 31.8 Å². The van der Waals surface area contributed by atoms with Crippen molar-refractivity contribution >= 4 is 0 Å². The Kier molecular flexibility index (Phi) is 8.08. The van der Waals surface area contributed by atoms with E-state index in [0.29, 0.717) is 6.04 Å². The zero-order valence-corrected chi connectivity index (χ0v) is 14.2. The molecule has 20 heavy (non-hydrogen) atoms. The van der Waals surface area contributed by atoms with Gasteiger partial charge in [0.1, 0.15) is 0 Å². The molecule has 0 aromatic carbocycles. The summed E-state index contributed by atoms with van der Waals surface area (Å²) in [6.07, 6.45) is 8.98. The van der Waals surface area contributed by atoms with E-state index in [0.717, 1.165) is 25.6 Å². The Morgan fingerprint density at radius 1 is 1.25 bits per heavy atom. The minimum Gasteiger partial charge on any atom is -0.383 e. The first-order valence-corrected chi connectivity index (χ1v) is 8.65. The summed E-state index contributed by atoms with van der Waals surface area (Å²) >= 11 is 0. The Bertz CT molecular complexity index is 255. The monoisotopic (exact) mass is 284 g/mol. The summed E-state index contributed by atoms with van der Waals surface area (Å²) in [5, 5.41) is 0. The summed E-state index contributed by atoms with van der Waals surface area (Å²) in [6, 6.07) is 0.640. The first kappa shape index (κ1) is 17.9. The molecule has 0 bridgehead atoms. The van der Waals surface area contributed by atoms with Gasteiger partial charge in [-0.05, 0) is 31.6 Å². The predicted octanol–water partition coefficient (Wildman–Crippen LogP) is 3.42. The van der Waals surface area contributed by atoms with Gasteiger partial charge in [-0.3, -0.25) is 4.90 Å². The standard InChI is InChI=1S/C17H36N2O/c1-5-15-10-8-9-11-17(15,14-18)19(12-13-20-4)16(6-2)7-3/h15-16H,5-14,18H2,1-4H3. The van der Waals surface area contributed by atoms with Crippen LogP contribution in [0.25, 0.3) is 0 Å². The van der Waals surface area contributed by atoms with E-state index in [1.54, 1.807) is 7.11 Å². The van der Waals surface area contributed by atoms with Crippen LogP contribution in [0.1, 0.15) is 65.7 Å². The van der Waals surface area contributed by atoms with Crippen molar-refractivity contribution < 1.29 is 4.74 Å². The molecule has 0 spiro atoms. The molecule has 120 valence electrons. The van der Waals surface area contributed by atoms with Crippen LogP contribution in [0, 0.1) is 5.92 Å². The van der Waals surface area contributed by atoms with Gasteiger partial charge in [0.15, 0.2) is 0 Å². The van der Waals surface area contributed by atoms with Crippen LogP contribution in [0.4, 0.5) is 0 Å². The molecular weight excluding hydrogens is 248 g/mol. The summed E-state index contributed by atoms with van der Waals surface area (Å²) in [5.74, 6) is 0.749. The van der Waals surface area contributed by atoms with Crippen LogP contribution in [-0.4, -0.2) is 43.3 Å². The van der Waals surface area contributed by atoms with E-state index in [4.69, 9.17) is 10.5 Å². The van der Waals surface area contributed by atoms with Crippen molar-refractivity contribution in [2.75, 3.05) is 26.8 Å². The zero-order valence-electron chi connectivity index (χ0n) is 14.2. The molecule has 3 nitrogen and oxygen atoms in total. The van der Waals surface area contributed by atoms with Crippen LogP contribution in [0.15, 0.2) is 0 Å². The number of hydrogen-bond acceptors (Lipinski definition) is 3. The van der Waals surface area contributed by atoms with Gasteiger partial charge >= 0.3 is 0 Å². The van der Waals surface area contributed by atoms with Gasteiger partial charge in [-0.25, -0.2) is 0 Å². The average molecular weight is 284 g/mol. The normalized spacial score (nSPS) is 27.4. The van der Waals surface area contributed by atoms with Crippen molar-refractivity contribution in [3.63, 3.8) is 0 Å². The van der Waals surface area contributed by atoms with Crippen LogP contribution in [0.5, 0.6) is 0 Å². The molecule has 1 saturated carbocycles. The van der Waals surface area contributed by atoms with E-state index >= 15 is 0 Å². The van der Waals surface area contributed by atoms with Gasteiger partial charge in [0.05, 0.1) is 6.61 Å². The summed E-state index contributed by atoms with van der Waals surface area (Å²) < 4.78 is 5.38. The molecule has 0 amide bonds. The number of nitrogens with zero attached hydrogens (tertiary/aromatic N) is 1. The molecule has 0 aliphatic heterocycles. The zero-order chi connectivity index (χ0) is 15.0. The minimum atomic E-state index is 0.211. The maximum atomic E-state index is 6.34. The third kappa shape index (κ3) is 3.75. The number of rotatable bonds is 9. The van der Waals surface area contributed by atoms with Gasteiger partial charge in [-0.15, -0.1) is 0 Å². The van der Waals surface area contributed by atoms with Crippen molar-refractivity contribution in [1.82, 2.24) is 4.90 Å². The summed E-state index contributed by atoms with van der Waals surface area (Å²) in [5.41, 5.74) is 6.55. The lowest BCUT2D eigenvalue weighted by molar-refractivity contribution is -0.0404. The maximum Gasteiger partial charge on any atom is 0.0590 e. The smallest absolute Gasteiger partial charge is 0.0590 e. The van der Waals surface area contributed by atoms with E-state index < -0.39 is 0 Å². The van der Waals surface area contributed by atoms with E-state index in [1.807, 2.05) is 0 Å². The number of hydrogen-bond donors (Lipinski definition) is 1. The first-order chi connectivity index (χ1) is 9.69. The lowest BCUT2D eigenvalue weighted by Crippen LogP contribution is -2.63. The fourth-order valence-corrected chi connectivity index (χ4v) is 4.33. The fraction of sp³-hybridized carbons (Fsp3) is 1.00. The quantitative estimate of drug-likeness (QED) is 0.705. The van der Waals surface area contributed by atoms with Crippen LogP contribution in [-0.2, 0) is 4.74 Å². The van der Waals surface area contributed by atoms with Gasteiger partial charge in [0.2, 0.25) is 0 Å². The third-order valence-corrected chi connectivity index (χ3v) is 5.51. The van der Waals surface area contributed by atoms with Crippen LogP contribution in [0.3, 0.4) is 0 Å². The highest BCUT2D eigenvalue weighted by atomic mass is 16.5. The second-order valence-electron chi connectivity index (χ2n) is 6.32. The Morgan fingerprint density at radius 2 is 1.95 bits per heavy atom. The lowest BCUT2D eigenvalue weighted by atomic mass is 9.69. The van der Waals surface area contributed by atoms with Gasteiger partial charge in [0.25, 0.3) is 0 Å². The molecule has 0 saturated heterocycles.